The molecule has 1 aliphatic heterocycles. The summed E-state index contributed by atoms with van der Waals surface area (Å²) >= 11 is 0. The number of nitrogens with zero attached hydrogens (tertiary/aromatic N) is 2. The fourth-order valence-corrected chi connectivity index (χ4v) is 3.11. The molecule has 9 heteroatoms. The summed E-state index contributed by atoms with van der Waals surface area (Å²) in [6.45, 7) is 7.54. The summed E-state index contributed by atoms with van der Waals surface area (Å²) in [7, 11) is 1.68. The van der Waals surface area contributed by atoms with Crippen LogP contribution in [-0.4, -0.2) is 55.9 Å². The molecule has 0 saturated carbocycles. The van der Waals surface area contributed by atoms with Crippen molar-refractivity contribution < 1.29 is 17.9 Å². The van der Waals surface area contributed by atoms with Gasteiger partial charge in [0, 0.05) is 44.3 Å². The van der Waals surface area contributed by atoms with Crippen molar-refractivity contribution in [3.63, 3.8) is 0 Å². The van der Waals surface area contributed by atoms with E-state index < -0.39 is 12.8 Å². The highest BCUT2D eigenvalue weighted by Gasteiger charge is 2.31. The lowest BCUT2D eigenvalue weighted by Gasteiger charge is -2.22. The van der Waals surface area contributed by atoms with E-state index in [4.69, 9.17) is 4.74 Å². The van der Waals surface area contributed by atoms with Crippen molar-refractivity contribution in [1.82, 2.24) is 15.5 Å². The van der Waals surface area contributed by atoms with Crippen molar-refractivity contribution in [3.8, 4) is 5.75 Å². The Morgan fingerprint density at radius 1 is 1.29 bits per heavy atom. The van der Waals surface area contributed by atoms with Gasteiger partial charge in [0.25, 0.3) is 0 Å². The van der Waals surface area contributed by atoms with Crippen LogP contribution in [0.5, 0.6) is 5.75 Å². The Balaban J connectivity index is 0.00000392. The van der Waals surface area contributed by atoms with Gasteiger partial charge in [-0.1, -0.05) is 25.1 Å². The molecule has 2 atom stereocenters. The van der Waals surface area contributed by atoms with Crippen molar-refractivity contribution in [2.45, 2.75) is 45.6 Å². The number of benzene rings is 1. The summed E-state index contributed by atoms with van der Waals surface area (Å²) < 4.78 is 42.2. The standard InChI is InChI=1S/C19H29F3N4O.HI/c1-13(2)26-10-14(3)16(11-26)25-18(23-4)24-9-15-7-5-6-8-17(15)27-12-19(20,21)22;/h5-8,13-14,16H,9-12H2,1-4H3,(H2,23,24,25);1H. The second kappa shape index (κ2) is 11.1. The number of aliphatic imine (C=N–C) groups is 1. The summed E-state index contributed by atoms with van der Waals surface area (Å²) in [5.74, 6) is 1.33. The van der Waals surface area contributed by atoms with Gasteiger partial charge < -0.3 is 15.4 Å². The van der Waals surface area contributed by atoms with E-state index in [1.54, 1.807) is 31.3 Å². The lowest BCUT2D eigenvalue weighted by molar-refractivity contribution is -0.153. The van der Waals surface area contributed by atoms with Gasteiger partial charge in [0.1, 0.15) is 5.75 Å². The van der Waals surface area contributed by atoms with Gasteiger partial charge in [-0.2, -0.15) is 13.2 Å². The first-order valence-corrected chi connectivity index (χ1v) is 9.18. The number of likely N-dealkylation sites (tertiary alicyclic amines) is 1. The van der Waals surface area contributed by atoms with Gasteiger partial charge in [-0.3, -0.25) is 9.89 Å². The van der Waals surface area contributed by atoms with E-state index in [2.05, 4.69) is 41.3 Å². The normalized spacial score (nSPS) is 20.8. The Morgan fingerprint density at radius 3 is 2.54 bits per heavy atom. The third-order valence-corrected chi connectivity index (χ3v) is 4.73. The molecule has 1 aliphatic rings. The van der Waals surface area contributed by atoms with Gasteiger partial charge >= 0.3 is 6.18 Å². The molecule has 2 rings (SSSR count). The summed E-state index contributed by atoms with van der Waals surface area (Å²) in [5.41, 5.74) is 0.646. The highest BCUT2D eigenvalue weighted by molar-refractivity contribution is 14.0. The van der Waals surface area contributed by atoms with Gasteiger partial charge in [0.05, 0.1) is 0 Å². The predicted octanol–water partition coefficient (Wildman–Crippen LogP) is 3.64. The van der Waals surface area contributed by atoms with Crippen molar-refractivity contribution in [3.05, 3.63) is 29.8 Å². The van der Waals surface area contributed by atoms with Crippen molar-refractivity contribution in [2.24, 2.45) is 10.9 Å². The first-order chi connectivity index (χ1) is 12.7. The number of guanidine groups is 1. The van der Waals surface area contributed by atoms with Gasteiger partial charge in [-0.25, -0.2) is 0 Å². The zero-order chi connectivity index (χ0) is 20.0. The monoisotopic (exact) mass is 514 g/mol. The molecular formula is C19H30F3IN4O. The van der Waals surface area contributed by atoms with Crippen LogP contribution < -0.4 is 15.4 Å². The molecule has 1 saturated heterocycles. The number of rotatable bonds is 6. The third kappa shape index (κ3) is 7.65. The molecule has 0 amide bonds. The molecule has 1 heterocycles. The Hall–Kier alpha value is -1.23. The molecule has 2 unspecified atom stereocenters. The first kappa shape index (κ1) is 24.8. The quantitative estimate of drug-likeness (QED) is 0.346. The zero-order valence-corrected chi connectivity index (χ0v) is 19.0. The maximum Gasteiger partial charge on any atom is 0.422 e. The summed E-state index contributed by atoms with van der Waals surface area (Å²) in [6.07, 6.45) is -4.36. The van der Waals surface area contributed by atoms with Crippen LogP contribution in [0.1, 0.15) is 26.3 Å². The van der Waals surface area contributed by atoms with Gasteiger partial charge in [-0.15, -0.1) is 24.0 Å². The van der Waals surface area contributed by atoms with Gasteiger partial charge in [-0.05, 0) is 25.8 Å². The van der Waals surface area contributed by atoms with Crippen LogP contribution in [0.3, 0.4) is 0 Å². The largest absolute Gasteiger partial charge is 0.484 e. The van der Waals surface area contributed by atoms with Crippen LogP contribution in [0.25, 0.3) is 0 Å². The van der Waals surface area contributed by atoms with E-state index >= 15 is 0 Å². The number of halogens is 4. The number of hydrogen-bond donors (Lipinski definition) is 2. The number of ether oxygens (including phenoxy) is 1. The molecule has 0 radical (unpaired) electrons. The van der Waals surface area contributed by atoms with Crippen molar-refractivity contribution in [2.75, 3.05) is 26.7 Å². The lowest BCUT2D eigenvalue weighted by atomic mass is 10.1. The minimum absolute atomic E-state index is 0. The highest BCUT2D eigenvalue weighted by atomic mass is 127. The van der Waals surface area contributed by atoms with Gasteiger partial charge in [0.15, 0.2) is 12.6 Å². The first-order valence-electron chi connectivity index (χ1n) is 9.18. The molecule has 1 fully saturated rings. The minimum atomic E-state index is -4.36. The van der Waals surface area contributed by atoms with E-state index in [0.29, 0.717) is 30.0 Å². The second-order valence-corrected chi connectivity index (χ2v) is 7.21. The van der Waals surface area contributed by atoms with E-state index in [1.807, 2.05) is 0 Å². The smallest absolute Gasteiger partial charge is 0.422 e. The number of para-hydroxylation sites is 1. The molecule has 1 aromatic carbocycles. The molecule has 5 nitrogen and oxygen atoms in total. The molecular weight excluding hydrogens is 484 g/mol. The Labute approximate surface area is 182 Å². The Bertz CT molecular complexity index is 640. The molecule has 0 bridgehead atoms. The Morgan fingerprint density at radius 2 is 1.96 bits per heavy atom. The maximum atomic E-state index is 12.4. The lowest BCUT2D eigenvalue weighted by Crippen LogP contribution is -2.46. The van der Waals surface area contributed by atoms with E-state index in [-0.39, 0.29) is 35.8 Å². The average molecular weight is 514 g/mol. The number of nitrogens with one attached hydrogen (secondary N) is 2. The fraction of sp³-hybridized carbons (Fsp3) is 0.632. The molecule has 0 aromatic heterocycles. The second-order valence-electron chi connectivity index (χ2n) is 7.21. The molecule has 2 N–H and O–H groups in total. The highest BCUT2D eigenvalue weighted by Crippen LogP contribution is 2.22. The molecule has 28 heavy (non-hydrogen) atoms. The van der Waals surface area contributed by atoms with E-state index in [9.17, 15) is 13.2 Å². The van der Waals surface area contributed by atoms with Crippen LogP contribution in [0.15, 0.2) is 29.3 Å². The maximum absolute atomic E-state index is 12.4. The van der Waals surface area contributed by atoms with Gasteiger partial charge in [0.2, 0.25) is 0 Å². The van der Waals surface area contributed by atoms with Crippen LogP contribution >= 0.6 is 24.0 Å². The Kier molecular flexibility index (Phi) is 9.82. The minimum Gasteiger partial charge on any atom is -0.484 e. The fourth-order valence-electron chi connectivity index (χ4n) is 3.11. The van der Waals surface area contributed by atoms with Crippen molar-refractivity contribution in [1.29, 1.82) is 0 Å². The predicted molar refractivity (Wildman–Crippen MR) is 116 cm³/mol. The molecule has 1 aromatic rings. The SMILES string of the molecule is CN=C(NCc1ccccc1OCC(F)(F)F)NC1CN(C(C)C)CC1C.I. The average Bonchev–Trinajstić information content (AvgIpc) is 2.97. The molecule has 0 aliphatic carbocycles. The third-order valence-electron chi connectivity index (χ3n) is 4.73. The summed E-state index contributed by atoms with van der Waals surface area (Å²) in [5, 5.41) is 6.60. The van der Waals surface area contributed by atoms with E-state index in [0.717, 1.165) is 13.1 Å². The molecule has 0 spiro atoms. The summed E-state index contributed by atoms with van der Waals surface area (Å²) in [6, 6.07) is 7.47. The van der Waals surface area contributed by atoms with Crippen molar-refractivity contribution >= 4 is 29.9 Å². The topological polar surface area (TPSA) is 48.9 Å². The number of hydrogen-bond acceptors (Lipinski definition) is 3. The number of alkyl halides is 3. The molecule has 160 valence electrons. The van der Waals surface area contributed by atoms with Crippen LogP contribution in [0.4, 0.5) is 13.2 Å². The van der Waals surface area contributed by atoms with Crippen LogP contribution in [-0.2, 0) is 6.54 Å². The van der Waals surface area contributed by atoms with Crippen LogP contribution in [0.2, 0.25) is 0 Å². The van der Waals surface area contributed by atoms with Crippen LogP contribution in [0, 0.1) is 5.92 Å². The van der Waals surface area contributed by atoms with E-state index in [1.165, 1.54) is 0 Å². The summed E-state index contributed by atoms with van der Waals surface area (Å²) in [4.78, 5) is 6.65. The zero-order valence-electron chi connectivity index (χ0n) is 16.7.